The van der Waals surface area contributed by atoms with Gasteiger partial charge in [0, 0.05) is 11.0 Å². The Morgan fingerprint density at radius 2 is 2.06 bits per heavy atom. The highest BCUT2D eigenvalue weighted by atomic mass is 79.9. The largest absolute Gasteiger partial charge is 0.489 e. The van der Waals surface area contributed by atoms with Crippen LogP contribution in [-0.4, -0.2) is 32.3 Å². The Balaban J connectivity index is 2.05. The monoisotopic (exact) mass is 333 g/mol. The van der Waals surface area contributed by atoms with Gasteiger partial charge in [0.1, 0.15) is 11.9 Å². The molecule has 1 aromatic carbocycles. The van der Waals surface area contributed by atoms with Crippen LogP contribution in [0.1, 0.15) is 17.5 Å². The molecule has 1 saturated heterocycles. The van der Waals surface area contributed by atoms with Crippen LogP contribution in [0.25, 0.3) is 0 Å². The SMILES string of the molecule is Cc1cc(O[C@@H]2CCN(S(=O)O)C2)cc(C)c1Br. The number of hydrogen-bond donors (Lipinski definition) is 1. The van der Waals surface area contributed by atoms with Gasteiger partial charge in [-0.25, -0.2) is 4.21 Å². The van der Waals surface area contributed by atoms with E-state index in [1.165, 1.54) is 4.31 Å². The molecule has 1 N–H and O–H groups in total. The van der Waals surface area contributed by atoms with Gasteiger partial charge in [-0.15, -0.1) is 0 Å². The third kappa shape index (κ3) is 3.12. The van der Waals surface area contributed by atoms with E-state index in [1.54, 1.807) is 0 Å². The van der Waals surface area contributed by atoms with E-state index in [1.807, 2.05) is 26.0 Å². The lowest BCUT2D eigenvalue weighted by molar-refractivity contribution is 0.215. The van der Waals surface area contributed by atoms with Crippen LogP contribution in [0, 0.1) is 13.8 Å². The van der Waals surface area contributed by atoms with Gasteiger partial charge < -0.3 is 4.74 Å². The first kappa shape index (κ1) is 14.0. The van der Waals surface area contributed by atoms with Crippen molar-refractivity contribution in [3.8, 4) is 5.75 Å². The summed E-state index contributed by atoms with van der Waals surface area (Å²) in [5.74, 6) is 0.823. The summed E-state index contributed by atoms with van der Waals surface area (Å²) in [7, 11) is 0. The van der Waals surface area contributed by atoms with Gasteiger partial charge in [-0.2, -0.15) is 4.31 Å². The molecule has 2 rings (SSSR count). The fourth-order valence-corrected chi connectivity index (χ4v) is 2.89. The summed E-state index contributed by atoms with van der Waals surface area (Å²) in [4.78, 5) is 0. The highest BCUT2D eigenvalue weighted by Crippen LogP contribution is 2.28. The molecule has 0 amide bonds. The van der Waals surface area contributed by atoms with Crippen molar-refractivity contribution in [2.24, 2.45) is 0 Å². The quantitative estimate of drug-likeness (QED) is 0.865. The number of halogens is 1. The third-order valence-electron chi connectivity index (χ3n) is 3.04. The van der Waals surface area contributed by atoms with E-state index in [-0.39, 0.29) is 6.10 Å². The van der Waals surface area contributed by atoms with Crippen molar-refractivity contribution in [3.63, 3.8) is 0 Å². The summed E-state index contributed by atoms with van der Waals surface area (Å²) in [6.45, 7) is 5.14. The predicted octanol–water partition coefficient (Wildman–Crippen LogP) is 2.66. The number of aryl methyl sites for hydroxylation is 2. The molecule has 1 fully saturated rings. The summed E-state index contributed by atoms with van der Waals surface area (Å²) >= 11 is 1.63. The molecule has 1 heterocycles. The molecule has 1 unspecified atom stereocenters. The third-order valence-corrected chi connectivity index (χ3v) is 5.07. The lowest BCUT2D eigenvalue weighted by atomic mass is 10.1. The molecule has 0 spiro atoms. The number of rotatable bonds is 3. The Labute approximate surface area is 118 Å². The van der Waals surface area contributed by atoms with E-state index in [2.05, 4.69) is 15.9 Å². The molecule has 1 aliphatic rings. The van der Waals surface area contributed by atoms with E-state index in [4.69, 9.17) is 9.29 Å². The first-order valence-corrected chi connectivity index (χ1v) is 7.62. The minimum Gasteiger partial charge on any atom is -0.489 e. The second kappa shape index (κ2) is 5.69. The van der Waals surface area contributed by atoms with Gasteiger partial charge >= 0.3 is 0 Å². The van der Waals surface area contributed by atoms with Crippen LogP contribution in [0.2, 0.25) is 0 Å². The van der Waals surface area contributed by atoms with Gasteiger partial charge in [-0.3, -0.25) is 4.55 Å². The van der Waals surface area contributed by atoms with Crippen LogP contribution in [0.15, 0.2) is 16.6 Å². The fourth-order valence-electron chi connectivity index (χ4n) is 2.10. The standard InChI is InChI=1S/C12H16BrNO3S/c1-8-5-11(6-9(2)12(8)13)17-10-3-4-14(7-10)18(15)16/h5-6,10H,3-4,7H2,1-2H3,(H,15,16)/t10-/m1/s1. The molecular weight excluding hydrogens is 318 g/mol. The first-order chi connectivity index (χ1) is 8.47. The maximum absolute atomic E-state index is 10.9. The molecule has 0 aromatic heterocycles. The highest BCUT2D eigenvalue weighted by molar-refractivity contribution is 9.10. The zero-order valence-corrected chi connectivity index (χ0v) is 12.8. The molecule has 100 valence electrons. The molecule has 0 bridgehead atoms. The summed E-state index contributed by atoms with van der Waals surface area (Å²) in [5, 5.41) is 0. The van der Waals surface area contributed by atoms with Gasteiger partial charge in [0.2, 0.25) is 11.3 Å². The van der Waals surface area contributed by atoms with Gasteiger partial charge in [0.15, 0.2) is 0 Å². The molecule has 1 aromatic rings. The van der Waals surface area contributed by atoms with Gasteiger partial charge in [0.05, 0.1) is 6.54 Å². The number of hydrogen-bond acceptors (Lipinski definition) is 2. The van der Waals surface area contributed by atoms with Crippen LogP contribution in [0.5, 0.6) is 5.75 Å². The Morgan fingerprint density at radius 3 is 2.56 bits per heavy atom. The van der Waals surface area contributed by atoms with Crippen molar-refractivity contribution in [2.45, 2.75) is 26.4 Å². The maximum atomic E-state index is 10.9. The van der Waals surface area contributed by atoms with E-state index < -0.39 is 11.3 Å². The van der Waals surface area contributed by atoms with Crippen LogP contribution in [-0.2, 0) is 11.3 Å². The minimum absolute atomic E-state index is 0.0129. The molecule has 6 heteroatoms. The van der Waals surface area contributed by atoms with Crippen molar-refractivity contribution in [2.75, 3.05) is 13.1 Å². The fraction of sp³-hybridized carbons (Fsp3) is 0.500. The molecule has 0 aliphatic carbocycles. The Morgan fingerprint density at radius 1 is 1.44 bits per heavy atom. The van der Waals surface area contributed by atoms with E-state index >= 15 is 0 Å². The molecule has 2 atom stereocenters. The van der Waals surface area contributed by atoms with Gasteiger partial charge in [0.25, 0.3) is 0 Å². The zero-order chi connectivity index (χ0) is 13.3. The van der Waals surface area contributed by atoms with Crippen LogP contribution in [0.4, 0.5) is 0 Å². The van der Waals surface area contributed by atoms with Gasteiger partial charge in [-0.1, -0.05) is 15.9 Å². The van der Waals surface area contributed by atoms with Gasteiger partial charge in [-0.05, 0) is 43.5 Å². The van der Waals surface area contributed by atoms with Crippen LogP contribution in [0.3, 0.4) is 0 Å². The van der Waals surface area contributed by atoms with Crippen molar-refractivity contribution >= 4 is 27.2 Å². The van der Waals surface area contributed by atoms with Crippen molar-refractivity contribution < 1.29 is 13.5 Å². The second-order valence-corrected chi connectivity index (χ2v) is 6.29. The number of benzene rings is 1. The van der Waals surface area contributed by atoms with Crippen LogP contribution < -0.4 is 4.74 Å². The lowest BCUT2D eigenvalue weighted by Crippen LogP contribution is -2.26. The average Bonchev–Trinajstić information content (AvgIpc) is 2.74. The molecule has 4 nitrogen and oxygen atoms in total. The zero-order valence-electron chi connectivity index (χ0n) is 10.4. The minimum atomic E-state index is -1.89. The predicted molar refractivity (Wildman–Crippen MR) is 75.0 cm³/mol. The normalized spacial score (nSPS) is 22.1. The summed E-state index contributed by atoms with van der Waals surface area (Å²) in [5.41, 5.74) is 2.26. The summed E-state index contributed by atoms with van der Waals surface area (Å²) < 4.78 is 28.4. The number of nitrogens with zero attached hydrogens (tertiary/aromatic N) is 1. The summed E-state index contributed by atoms with van der Waals surface area (Å²) in [6.07, 6.45) is 0.765. The van der Waals surface area contributed by atoms with Crippen LogP contribution >= 0.6 is 15.9 Å². The first-order valence-electron chi connectivity index (χ1n) is 5.76. The summed E-state index contributed by atoms with van der Waals surface area (Å²) in [6, 6.07) is 3.96. The van der Waals surface area contributed by atoms with E-state index in [0.717, 1.165) is 27.8 Å². The lowest BCUT2D eigenvalue weighted by Gasteiger charge is -2.15. The van der Waals surface area contributed by atoms with Crippen molar-refractivity contribution in [3.05, 3.63) is 27.7 Å². The topological polar surface area (TPSA) is 49.8 Å². The molecule has 1 aliphatic heterocycles. The Kier molecular flexibility index (Phi) is 4.42. The Hall–Kier alpha value is -0.430. The van der Waals surface area contributed by atoms with Crippen molar-refractivity contribution in [1.82, 2.24) is 4.31 Å². The highest BCUT2D eigenvalue weighted by Gasteiger charge is 2.27. The van der Waals surface area contributed by atoms with E-state index in [0.29, 0.717) is 13.1 Å². The maximum Gasteiger partial charge on any atom is 0.234 e. The van der Waals surface area contributed by atoms with E-state index in [9.17, 15) is 4.21 Å². The second-order valence-electron chi connectivity index (χ2n) is 4.52. The smallest absolute Gasteiger partial charge is 0.234 e. The van der Waals surface area contributed by atoms with Crippen molar-refractivity contribution in [1.29, 1.82) is 0 Å². The average molecular weight is 334 g/mol. The number of ether oxygens (including phenoxy) is 1. The molecular formula is C12H16BrNO3S. The molecule has 0 radical (unpaired) electrons. The molecule has 18 heavy (non-hydrogen) atoms. The Bertz CT molecular complexity index is 457. The molecule has 0 saturated carbocycles.